The Kier molecular flexibility index (Phi) is 4.94. The highest BCUT2D eigenvalue weighted by Gasteiger charge is 2.27. The number of halogens is 1. The van der Waals surface area contributed by atoms with Crippen molar-refractivity contribution < 1.29 is 4.39 Å². The number of hydrogen-bond donors (Lipinski definition) is 1. The molecular weight excluding hydrogens is 239 g/mol. The van der Waals surface area contributed by atoms with Gasteiger partial charge in [-0.1, -0.05) is 19.1 Å². The first kappa shape index (κ1) is 14.5. The molecule has 1 N–H and O–H groups in total. The zero-order chi connectivity index (χ0) is 13.8. The van der Waals surface area contributed by atoms with Gasteiger partial charge in [-0.25, -0.2) is 4.39 Å². The van der Waals surface area contributed by atoms with E-state index in [0.29, 0.717) is 5.56 Å². The standard InChI is InChI=1S/C16H25FN2/c1-4-19(15-7-8-15)10-9-18-13(3)14-6-5-12(2)16(17)11-14/h5-6,11,13,15,18H,4,7-10H2,1-3H3. The van der Waals surface area contributed by atoms with E-state index in [2.05, 4.69) is 24.1 Å². The lowest BCUT2D eigenvalue weighted by Gasteiger charge is -2.22. The molecule has 2 nitrogen and oxygen atoms in total. The first-order valence-corrected chi connectivity index (χ1v) is 7.35. The fourth-order valence-corrected chi connectivity index (χ4v) is 2.46. The van der Waals surface area contributed by atoms with Crippen LogP contribution in [0.4, 0.5) is 4.39 Å². The van der Waals surface area contributed by atoms with E-state index in [0.717, 1.165) is 31.2 Å². The van der Waals surface area contributed by atoms with Crippen LogP contribution in [0.5, 0.6) is 0 Å². The zero-order valence-electron chi connectivity index (χ0n) is 12.2. The third-order valence-electron chi connectivity index (χ3n) is 4.01. The first-order valence-electron chi connectivity index (χ1n) is 7.35. The molecule has 1 aliphatic carbocycles. The van der Waals surface area contributed by atoms with E-state index in [-0.39, 0.29) is 11.9 Å². The number of likely N-dealkylation sites (N-methyl/N-ethyl adjacent to an activating group) is 1. The average Bonchev–Trinajstić information content (AvgIpc) is 3.22. The third kappa shape index (κ3) is 4.02. The molecule has 0 heterocycles. The van der Waals surface area contributed by atoms with Gasteiger partial charge in [0.05, 0.1) is 0 Å². The molecule has 2 rings (SSSR count). The molecule has 19 heavy (non-hydrogen) atoms. The summed E-state index contributed by atoms with van der Waals surface area (Å²) in [6.45, 7) is 9.28. The summed E-state index contributed by atoms with van der Waals surface area (Å²) in [5.41, 5.74) is 1.74. The Morgan fingerprint density at radius 3 is 2.74 bits per heavy atom. The number of rotatable bonds is 7. The second kappa shape index (κ2) is 6.49. The predicted molar refractivity (Wildman–Crippen MR) is 77.8 cm³/mol. The van der Waals surface area contributed by atoms with Crippen LogP contribution in [-0.4, -0.2) is 30.6 Å². The minimum Gasteiger partial charge on any atom is -0.309 e. The first-order chi connectivity index (χ1) is 9.11. The van der Waals surface area contributed by atoms with Gasteiger partial charge in [-0.15, -0.1) is 0 Å². The third-order valence-corrected chi connectivity index (χ3v) is 4.01. The Morgan fingerprint density at radius 2 is 2.16 bits per heavy atom. The van der Waals surface area contributed by atoms with Gasteiger partial charge < -0.3 is 5.32 Å². The molecule has 0 aromatic heterocycles. The quantitative estimate of drug-likeness (QED) is 0.813. The van der Waals surface area contributed by atoms with Gasteiger partial charge in [0.2, 0.25) is 0 Å². The number of benzene rings is 1. The van der Waals surface area contributed by atoms with Gasteiger partial charge in [-0.3, -0.25) is 4.90 Å². The molecule has 0 spiro atoms. The Labute approximate surface area is 116 Å². The van der Waals surface area contributed by atoms with Crippen LogP contribution >= 0.6 is 0 Å². The molecule has 0 saturated heterocycles. The van der Waals surface area contributed by atoms with Crippen LogP contribution in [0.3, 0.4) is 0 Å². The van der Waals surface area contributed by atoms with E-state index >= 15 is 0 Å². The molecule has 1 aromatic rings. The molecule has 1 unspecified atom stereocenters. The Balaban J connectivity index is 1.79. The highest BCUT2D eigenvalue weighted by Crippen LogP contribution is 2.26. The smallest absolute Gasteiger partial charge is 0.126 e. The van der Waals surface area contributed by atoms with Crippen molar-refractivity contribution in [2.45, 2.75) is 45.7 Å². The van der Waals surface area contributed by atoms with Gasteiger partial charge in [-0.2, -0.15) is 0 Å². The fraction of sp³-hybridized carbons (Fsp3) is 0.625. The van der Waals surface area contributed by atoms with Crippen molar-refractivity contribution in [2.75, 3.05) is 19.6 Å². The summed E-state index contributed by atoms with van der Waals surface area (Å²) in [7, 11) is 0. The summed E-state index contributed by atoms with van der Waals surface area (Å²) in [5.74, 6) is -0.112. The lowest BCUT2D eigenvalue weighted by molar-refractivity contribution is 0.273. The maximum atomic E-state index is 13.5. The summed E-state index contributed by atoms with van der Waals surface area (Å²) in [4.78, 5) is 2.52. The van der Waals surface area contributed by atoms with Crippen molar-refractivity contribution in [1.29, 1.82) is 0 Å². The van der Waals surface area contributed by atoms with Crippen molar-refractivity contribution in [3.63, 3.8) is 0 Å². The maximum absolute atomic E-state index is 13.5. The molecule has 1 aromatic carbocycles. The van der Waals surface area contributed by atoms with Crippen LogP contribution in [0.15, 0.2) is 18.2 Å². The average molecular weight is 264 g/mol. The van der Waals surface area contributed by atoms with E-state index < -0.39 is 0 Å². The van der Waals surface area contributed by atoms with Crippen LogP contribution in [-0.2, 0) is 0 Å². The topological polar surface area (TPSA) is 15.3 Å². The zero-order valence-corrected chi connectivity index (χ0v) is 12.2. The molecule has 0 amide bonds. The fourth-order valence-electron chi connectivity index (χ4n) is 2.46. The molecule has 1 fully saturated rings. The van der Waals surface area contributed by atoms with Crippen molar-refractivity contribution in [3.8, 4) is 0 Å². The van der Waals surface area contributed by atoms with Crippen LogP contribution in [0.1, 0.15) is 43.9 Å². The van der Waals surface area contributed by atoms with Gasteiger partial charge in [0.1, 0.15) is 5.82 Å². The van der Waals surface area contributed by atoms with E-state index in [9.17, 15) is 4.39 Å². The van der Waals surface area contributed by atoms with Gasteiger partial charge in [0.15, 0.2) is 0 Å². The lowest BCUT2D eigenvalue weighted by atomic mass is 10.1. The van der Waals surface area contributed by atoms with Crippen LogP contribution in [0.25, 0.3) is 0 Å². The summed E-state index contributed by atoms with van der Waals surface area (Å²) >= 11 is 0. The second-order valence-electron chi connectivity index (χ2n) is 5.54. The monoisotopic (exact) mass is 264 g/mol. The largest absolute Gasteiger partial charge is 0.309 e. The van der Waals surface area contributed by atoms with E-state index in [1.54, 1.807) is 13.0 Å². The van der Waals surface area contributed by atoms with Gasteiger partial charge >= 0.3 is 0 Å². The van der Waals surface area contributed by atoms with Crippen LogP contribution < -0.4 is 5.32 Å². The Morgan fingerprint density at radius 1 is 1.42 bits per heavy atom. The molecule has 1 aliphatic rings. The molecule has 0 bridgehead atoms. The molecule has 106 valence electrons. The number of hydrogen-bond acceptors (Lipinski definition) is 2. The predicted octanol–water partition coefficient (Wildman–Crippen LogP) is 3.27. The van der Waals surface area contributed by atoms with Crippen molar-refractivity contribution >= 4 is 0 Å². The normalized spacial score (nSPS) is 16.9. The highest BCUT2D eigenvalue weighted by molar-refractivity contribution is 5.25. The van der Waals surface area contributed by atoms with Gasteiger partial charge in [0.25, 0.3) is 0 Å². The van der Waals surface area contributed by atoms with E-state index in [4.69, 9.17) is 0 Å². The van der Waals surface area contributed by atoms with Gasteiger partial charge in [0, 0.05) is 25.2 Å². The van der Waals surface area contributed by atoms with E-state index in [1.165, 1.54) is 12.8 Å². The van der Waals surface area contributed by atoms with Crippen LogP contribution in [0, 0.1) is 12.7 Å². The maximum Gasteiger partial charge on any atom is 0.126 e. The Hall–Kier alpha value is -0.930. The molecular formula is C16H25FN2. The minimum atomic E-state index is -0.112. The summed E-state index contributed by atoms with van der Waals surface area (Å²) in [6.07, 6.45) is 2.71. The number of nitrogens with zero attached hydrogens (tertiary/aromatic N) is 1. The van der Waals surface area contributed by atoms with E-state index in [1.807, 2.05) is 12.1 Å². The lowest BCUT2D eigenvalue weighted by Crippen LogP contribution is -2.34. The summed E-state index contributed by atoms with van der Waals surface area (Å²) in [5, 5.41) is 3.48. The van der Waals surface area contributed by atoms with Crippen molar-refractivity contribution in [2.24, 2.45) is 0 Å². The summed E-state index contributed by atoms with van der Waals surface area (Å²) in [6, 6.07) is 6.53. The molecule has 1 saturated carbocycles. The van der Waals surface area contributed by atoms with Crippen LogP contribution in [0.2, 0.25) is 0 Å². The molecule has 1 atom stereocenters. The van der Waals surface area contributed by atoms with Crippen molar-refractivity contribution in [1.82, 2.24) is 10.2 Å². The highest BCUT2D eigenvalue weighted by atomic mass is 19.1. The molecule has 0 aliphatic heterocycles. The van der Waals surface area contributed by atoms with Crippen molar-refractivity contribution in [3.05, 3.63) is 35.1 Å². The second-order valence-corrected chi connectivity index (χ2v) is 5.54. The SMILES string of the molecule is CCN(CCNC(C)c1ccc(C)c(F)c1)C1CC1. The van der Waals surface area contributed by atoms with Gasteiger partial charge in [-0.05, 0) is 50.4 Å². The minimum absolute atomic E-state index is 0.112. The molecule has 3 heteroatoms. The summed E-state index contributed by atoms with van der Waals surface area (Å²) < 4.78 is 13.5. The Bertz CT molecular complexity index is 415. The number of nitrogens with one attached hydrogen (secondary N) is 1. The number of aryl methyl sites for hydroxylation is 1. The molecule has 0 radical (unpaired) electrons.